The zero-order valence-corrected chi connectivity index (χ0v) is 10.9. The normalized spacial score (nSPS) is 13.8. The van der Waals surface area contributed by atoms with E-state index in [1.165, 1.54) is 19.1 Å². The molecule has 0 aromatic heterocycles. The number of carbonyl (C=O) groups is 2. The molecule has 4 N–H and O–H groups in total. The Balaban J connectivity index is 2.84. The zero-order chi connectivity index (χ0) is 14.6. The number of aromatic hydroxyl groups is 1. The van der Waals surface area contributed by atoms with Crippen molar-refractivity contribution in [2.45, 2.75) is 19.1 Å². The fourth-order valence-corrected chi connectivity index (χ4v) is 2.02. The van der Waals surface area contributed by atoms with Gasteiger partial charge in [0.05, 0.1) is 11.7 Å². The third-order valence-corrected chi connectivity index (χ3v) is 3.33. The molecule has 1 aromatic rings. The van der Waals surface area contributed by atoms with Crippen molar-refractivity contribution in [3.8, 4) is 5.75 Å². The topological polar surface area (TPSA) is 115 Å². The average Bonchev–Trinajstić information content (AvgIpc) is 2.34. The number of hydrogen-bond acceptors (Lipinski definition) is 6. The monoisotopic (exact) mass is 286 g/mol. The second-order valence-corrected chi connectivity index (χ2v) is 5.09. The summed E-state index contributed by atoms with van der Waals surface area (Å²) in [6.45, 7) is 1.34. The first kappa shape index (κ1) is 15.5. The van der Waals surface area contributed by atoms with Crippen LogP contribution < -0.4 is 0 Å². The van der Waals surface area contributed by atoms with Crippen LogP contribution in [0.15, 0.2) is 18.2 Å². The number of carboxylic acids is 1. The van der Waals surface area contributed by atoms with Gasteiger partial charge >= 0.3 is 5.97 Å². The zero-order valence-electron chi connectivity index (χ0n) is 10.1. The number of phenols is 1. The number of hydrogen-bond donors (Lipinski definition) is 4. The van der Waals surface area contributed by atoms with Crippen molar-refractivity contribution in [3.05, 3.63) is 29.3 Å². The molecule has 1 aromatic carbocycles. The fourth-order valence-electron chi connectivity index (χ4n) is 1.43. The van der Waals surface area contributed by atoms with Crippen LogP contribution >= 0.6 is 11.8 Å². The number of benzene rings is 1. The molecule has 19 heavy (non-hydrogen) atoms. The van der Waals surface area contributed by atoms with Crippen molar-refractivity contribution < 1.29 is 30.0 Å². The van der Waals surface area contributed by atoms with Gasteiger partial charge in [-0.25, -0.2) is 4.79 Å². The quantitative estimate of drug-likeness (QED) is 0.631. The van der Waals surface area contributed by atoms with E-state index >= 15 is 0 Å². The van der Waals surface area contributed by atoms with Crippen molar-refractivity contribution >= 4 is 22.8 Å². The summed E-state index contributed by atoms with van der Waals surface area (Å²) < 4.78 is 0. The summed E-state index contributed by atoms with van der Waals surface area (Å²) in [5.74, 6) is -1.64. The smallest absolute Gasteiger partial charge is 0.335 e. The van der Waals surface area contributed by atoms with Gasteiger partial charge in [-0.1, -0.05) is 17.8 Å². The largest absolute Gasteiger partial charge is 0.508 e. The van der Waals surface area contributed by atoms with Gasteiger partial charge in [0.1, 0.15) is 11.9 Å². The van der Waals surface area contributed by atoms with Crippen molar-refractivity contribution in [1.82, 2.24) is 0 Å². The Morgan fingerprint density at radius 2 is 1.95 bits per heavy atom. The van der Waals surface area contributed by atoms with E-state index in [1.807, 2.05) is 0 Å². The van der Waals surface area contributed by atoms with Crippen LogP contribution in [0.25, 0.3) is 0 Å². The number of aliphatic hydroxyl groups is 2. The van der Waals surface area contributed by atoms with E-state index in [-0.39, 0.29) is 22.0 Å². The third kappa shape index (κ3) is 4.23. The molecule has 0 bridgehead atoms. The van der Waals surface area contributed by atoms with Crippen molar-refractivity contribution in [2.24, 2.45) is 0 Å². The Hall–Kier alpha value is -1.57. The van der Waals surface area contributed by atoms with E-state index in [0.29, 0.717) is 0 Å². The molecule has 7 heteroatoms. The van der Waals surface area contributed by atoms with E-state index in [2.05, 4.69) is 0 Å². The fraction of sp³-hybridized carbons (Fsp3) is 0.333. The summed E-state index contributed by atoms with van der Waals surface area (Å²) >= 11 is 0.852. The summed E-state index contributed by atoms with van der Waals surface area (Å²) in [6.07, 6.45) is -2.63. The van der Waals surface area contributed by atoms with Gasteiger partial charge in [0.25, 0.3) is 0 Å². The number of thioether (sulfide) groups is 1. The van der Waals surface area contributed by atoms with E-state index in [0.717, 1.165) is 17.8 Å². The highest BCUT2D eigenvalue weighted by Crippen LogP contribution is 2.28. The minimum atomic E-state index is -1.39. The summed E-state index contributed by atoms with van der Waals surface area (Å²) in [5.41, 5.74) is -0.109. The lowest BCUT2D eigenvalue weighted by atomic mass is 10.0. The molecule has 104 valence electrons. The van der Waals surface area contributed by atoms with Gasteiger partial charge < -0.3 is 20.4 Å². The molecule has 0 aliphatic heterocycles. The third-order valence-electron chi connectivity index (χ3n) is 2.42. The van der Waals surface area contributed by atoms with Crippen LogP contribution in [0.3, 0.4) is 0 Å². The molecule has 0 fully saturated rings. The standard InChI is InChI=1S/C12H14O6S/c1-6(13)19-5-10(15)11(16)8-3-2-7(12(17)18)4-9(8)14/h2-4,10-11,14-16H,5H2,1H3,(H,17,18). The van der Waals surface area contributed by atoms with Crippen LogP contribution in [0.2, 0.25) is 0 Å². The van der Waals surface area contributed by atoms with Gasteiger partial charge in [-0.3, -0.25) is 4.79 Å². The first-order chi connectivity index (χ1) is 8.82. The molecule has 2 unspecified atom stereocenters. The molecular formula is C12H14O6S. The van der Waals surface area contributed by atoms with E-state index < -0.39 is 23.9 Å². The maximum atomic E-state index is 10.7. The van der Waals surface area contributed by atoms with E-state index in [9.17, 15) is 24.9 Å². The molecule has 1 rings (SSSR count). The Bertz CT molecular complexity index is 487. The molecule has 0 saturated heterocycles. The summed E-state index contributed by atoms with van der Waals surface area (Å²) in [4.78, 5) is 21.4. The molecule has 0 aliphatic rings. The van der Waals surface area contributed by atoms with Crippen molar-refractivity contribution in [2.75, 3.05) is 5.75 Å². The predicted octanol–water partition coefficient (Wildman–Crippen LogP) is 0.764. The average molecular weight is 286 g/mol. The second kappa shape index (κ2) is 6.55. The first-order valence-corrected chi connectivity index (χ1v) is 6.37. The predicted molar refractivity (Wildman–Crippen MR) is 69.2 cm³/mol. The SMILES string of the molecule is CC(=O)SCC(O)C(O)c1ccc(C(=O)O)cc1O. The Morgan fingerprint density at radius 3 is 2.42 bits per heavy atom. The number of phenolic OH excluding ortho intramolecular Hbond substituents is 1. The van der Waals surface area contributed by atoms with Gasteiger partial charge in [-0.05, 0) is 12.1 Å². The van der Waals surface area contributed by atoms with Crippen molar-refractivity contribution in [3.63, 3.8) is 0 Å². The lowest BCUT2D eigenvalue weighted by Gasteiger charge is -2.18. The number of aromatic carboxylic acids is 1. The van der Waals surface area contributed by atoms with Gasteiger partial charge in [0.2, 0.25) is 0 Å². The van der Waals surface area contributed by atoms with Gasteiger partial charge in [-0.15, -0.1) is 0 Å². The number of carboxylic acid groups (broad SMARTS) is 1. The van der Waals surface area contributed by atoms with E-state index in [4.69, 9.17) is 5.11 Å². The van der Waals surface area contributed by atoms with Gasteiger partial charge in [0.15, 0.2) is 5.12 Å². The van der Waals surface area contributed by atoms with Crippen LogP contribution in [-0.2, 0) is 4.79 Å². The molecule has 0 saturated carbocycles. The molecule has 0 spiro atoms. The molecular weight excluding hydrogens is 272 g/mol. The number of rotatable bonds is 5. The van der Waals surface area contributed by atoms with Crippen LogP contribution in [-0.4, -0.2) is 43.4 Å². The molecule has 2 atom stereocenters. The second-order valence-electron chi connectivity index (χ2n) is 3.89. The Kier molecular flexibility index (Phi) is 5.34. The van der Waals surface area contributed by atoms with Crippen LogP contribution in [0.5, 0.6) is 5.75 Å². The van der Waals surface area contributed by atoms with E-state index in [1.54, 1.807) is 0 Å². The van der Waals surface area contributed by atoms with Crippen LogP contribution in [0, 0.1) is 0 Å². The van der Waals surface area contributed by atoms with Crippen molar-refractivity contribution in [1.29, 1.82) is 0 Å². The summed E-state index contributed by atoms with van der Waals surface area (Å²) in [5, 5.41) is 37.7. The highest BCUT2D eigenvalue weighted by atomic mass is 32.2. The summed E-state index contributed by atoms with van der Waals surface area (Å²) in [7, 11) is 0. The lowest BCUT2D eigenvalue weighted by Crippen LogP contribution is -2.21. The minimum absolute atomic E-state index is 0.0154. The maximum absolute atomic E-state index is 10.7. The molecule has 0 radical (unpaired) electrons. The molecule has 0 amide bonds. The molecule has 0 aliphatic carbocycles. The highest BCUT2D eigenvalue weighted by Gasteiger charge is 2.22. The number of carbonyl (C=O) groups excluding carboxylic acids is 1. The first-order valence-electron chi connectivity index (χ1n) is 5.38. The highest BCUT2D eigenvalue weighted by molar-refractivity contribution is 8.13. The Morgan fingerprint density at radius 1 is 1.32 bits per heavy atom. The maximum Gasteiger partial charge on any atom is 0.335 e. The number of aliphatic hydroxyl groups excluding tert-OH is 2. The molecule has 0 heterocycles. The van der Waals surface area contributed by atoms with Crippen LogP contribution in [0.4, 0.5) is 0 Å². The molecule has 6 nitrogen and oxygen atoms in total. The van der Waals surface area contributed by atoms with Gasteiger partial charge in [-0.2, -0.15) is 0 Å². The minimum Gasteiger partial charge on any atom is -0.508 e. The van der Waals surface area contributed by atoms with Crippen LogP contribution in [0.1, 0.15) is 28.9 Å². The lowest BCUT2D eigenvalue weighted by molar-refractivity contribution is -0.109. The Labute approximate surface area is 113 Å². The van der Waals surface area contributed by atoms with Gasteiger partial charge in [0, 0.05) is 18.2 Å². The summed E-state index contributed by atoms with van der Waals surface area (Å²) in [6, 6.07) is 3.43.